The minimum absolute atomic E-state index is 0.215. The molecule has 7 atom stereocenters. The first kappa shape index (κ1) is 50.4. The number of hydrogen-bond acceptors (Lipinski definition) is 8. The molecule has 6 N–H and O–H groups in total. The van der Waals surface area contributed by atoms with Crippen molar-refractivity contribution in [1.82, 2.24) is 5.32 Å². The summed E-state index contributed by atoms with van der Waals surface area (Å²) < 4.78 is 10.9. The average Bonchev–Trinajstić information content (AvgIpc) is 3.18. The summed E-state index contributed by atoms with van der Waals surface area (Å²) in [7, 11) is 0. The molecule has 0 spiro atoms. The maximum atomic E-state index is 12.0. The molecule has 0 aromatic rings. The molecule has 1 rings (SSSR count). The third-order valence-electron chi connectivity index (χ3n) is 10.5. The normalized spacial score (nSPS) is 21.8. The van der Waals surface area contributed by atoms with Crippen LogP contribution in [0.4, 0.5) is 0 Å². The molecule has 9 nitrogen and oxygen atoms in total. The largest absolute Gasteiger partial charge is 0.394 e. The number of nitrogens with one attached hydrogen (secondary N) is 1. The molecule has 54 heavy (non-hydrogen) atoms. The molecule has 0 aromatic carbocycles. The van der Waals surface area contributed by atoms with Crippen molar-refractivity contribution in [1.29, 1.82) is 0 Å². The smallest absolute Gasteiger partial charge is 0.220 e. The van der Waals surface area contributed by atoms with Crippen LogP contribution in [0.5, 0.6) is 0 Å². The second kappa shape index (κ2) is 35.8. The van der Waals surface area contributed by atoms with Crippen LogP contribution in [-0.4, -0.2) is 87.5 Å². The number of carbonyl (C=O) groups excluding carboxylic acids is 1. The van der Waals surface area contributed by atoms with Crippen molar-refractivity contribution >= 4 is 5.91 Å². The van der Waals surface area contributed by atoms with Gasteiger partial charge in [-0.1, -0.05) is 179 Å². The molecule has 7 unspecified atom stereocenters. The Morgan fingerprint density at radius 2 is 1.04 bits per heavy atom. The second-order valence-corrected chi connectivity index (χ2v) is 15.4. The minimum atomic E-state index is -1.57. The molecule has 0 bridgehead atoms. The molecule has 1 aliphatic heterocycles. The molecule has 1 aliphatic rings. The van der Waals surface area contributed by atoms with Crippen LogP contribution < -0.4 is 5.32 Å². The quantitative estimate of drug-likeness (QED) is 0.0274. The molecule has 9 heteroatoms. The summed E-state index contributed by atoms with van der Waals surface area (Å²) in [5, 5.41) is 52.9. The number of unbranched alkanes of at least 4 members (excludes halogenated alkanes) is 23. The van der Waals surface area contributed by atoms with Gasteiger partial charge in [0.1, 0.15) is 24.4 Å². The second-order valence-electron chi connectivity index (χ2n) is 15.4. The summed E-state index contributed by atoms with van der Waals surface area (Å²) in [5.41, 5.74) is 0. The highest BCUT2D eigenvalue weighted by molar-refractivity contribution is 5.75. The Bertz CT molecular complexity index is 941. The zero-order valence-electron chi connectivity index (χ0n) is 34.5. The van der Waals surface area contributed by atoms with Crippen LogP contribution in [0.15, 0.2) is 36.5 Å². The van der Waals surface area contributed by atoms with Crippen LogP contribution in [0.3, 0.4) is 0 Å². The van der Waals surface area contributed by atoms with Gasteiger partial charge in [-0.3, -0.25) is 4.79 Å². The van der Waals surface area contributed by atoms with Gasteiger partial charge in [0.15, 0.2) is 6.29 Å². The number of ether oxygens (including phenoxy) is 2. The first-order chi connectivity index (χ1) is 26.3. The van der Waals surface area contributed by atoms with Gasteiger partial charge in [-0.05, 0) is 38.5 Å². The maximum absolute atomic E-state index is 12.0. The van der Waals surface area contributed by atoms with E-state index in [4.69, 9.17) is 9.47 Å². The lowest BCUT2D eigenvalue weighted by Crippen LogP contribution is -2.60. The summed E-state index contributed by atoms with van der Waals surface area (Å²) in [6.07, 6.45) is 39.0. The Hall–Kier alpha value is -1.59. The Kier molecular flexibility index (Phi) is 33.4. The minimum Gasteiger partial charge on any atom is -0.394 e. The van der Waals surface area contributed by atoms with Crippen LogP contribution in [0.25, 0.3) is 0 Å². The van der Waals surface area contributed by atoms with E-state index >= 15 is 0 Å². The van der Waals surface area contributed by atoms with E-state index < -0.39 is 49.5 Å². The van der Waals surface area contributed by atoms with Gasteiger partial charge in [-0.2, -0.15) is 0 Å². The Morgan fingerprint density at radius 3 is 1.48 bits per heavy atom. The van der Waals surface area contributed by atoms with Crippen molar-refractivity contribution in [2.45, 2.75) is 230 Å². The molecule has 1 heterocycles. The lowest BCUT2D eigenvalue weighted by molar-refractivity contribution is -0.302. The Labute approximate surface area is 330 Å². The van der Waals surface area contributed by atoms with Gasteiger partial charge in [-0.15, -0.1) is 0 Å². The summed E-state index contributed by atoms with van der Waals surface area (Å²) in [6, 6.07) is -0.822. The van der Waals surface area contributed by atoms with E-state index in [1.807, 2.05) is 6.08 Å². The van der Waals surface area contributed by atoms with Crippen molar-refractivity contribution in [3.63, 3.8) is 0 Å². The number of amides is 1. The summed E-state index contributed by atoms with van der Waals surface area (Å²) in [4.78, 5) is 12.0. The SMILES string of the molecule is CCCCCCCCCCCCCCCCCCCCCCC/C=C/CC/C=C/CC/C=C/C(O)C(COC1OC(CO)C(O)C(O)C1O)NC(=O)CC. The molecular weight excluding hydrogens is 682 g/mol. The van der Waals surface area contributed by atoms with Crippen molar-refractivity contribution in [3.05, 3.63) is 36.5 Å². The zero-order chi connectivity index (χ0) is 39.5. The zero-order valence-corrected chi connectivity index (χ0v) is 34.5. The monoisotopic (exact) mass is 766 g/mol. The van der Waals surface area contributed by atoms with Gasteiger partial charge in [0, 0.05) is 6.42 Å². The number of aliphatic hydroxyl groups excluding tert-OH is 5. The average molecular weight is 766 g/mol. The van der Waals surface area contributed by atoms with Crippen LogP contribution in [0.1, 0.15) is 187 Å². The van der Waals surface area contributed by atoms with Gasteiger partial charge in [0.25, 0.3) is 0 Å². The molecule has 0 saturated carbocycles. The van der Waals surface area contributed by atoms with Gasteiger partial charge in [0.2, 0.25) is 5.91 Å². The van der Waals surface area contributed by atoms with Gasteiger partial charge in [0.05, 0.1) is 25.4 Å². The maximum Gasteiger partial charge on any atom is 0.220 e. The van der Waals surface area contributed by atoms with Crippen molar-refractivity contribution < 1.29 is 39.8 Å². The molecule has 0 aromatic heterocycles. The van der Waals surface area contributed by atoms with E-state index in [1.54, 1.807) is 13.0 Å². The third kappa shape index (κ3) is 26.3. The molecule has 1 fully saturated rings. The molecule has 0 radical (unpaired) electrons. The number of rotatable bonds is 36. The lowest BCUT2D eigenvalue weighted by atomic mass is 9.99. The van der Waals surface area contributed by atoms with Crippen LogP contribution >= 0.6 is 0 Å². The summed E-state index contributed by atoms with van der Waals surface area (Å²) >= 11 is 0. The van der Waals surface area contributed by atoms with E-state index in [2.05, 4.69) is 36.5 Å². The fraction of sp³-hybridized carbons (Fsp3) is 0.844. The highest BCUT2D eigenvalue weighted by Gasteiger charge is 2.44. The van der Waals surface area contributed by atoms with Crippen molar-refractivity contribution in [2.24, 2.45) is 0 Å². The van der Waals surface area contributed by atoms with E-state index in [0.29, 0.717) is 0 Å². The molecule has 316 valence electrons. The summed E-state index contributed by atoms with van der Waals surface area (Å²) in [6.45, 7) is 3.20. The predicted molar refractivity (Wildman–Crippen MR) is 221 cm³/mol. The number of aliphatic hydroxyl groups is 5. The van der Waals surface area contributed by atoms with Crippen molar-refractivity contribution in [2.75, 3.05) is 13.2 Å². The van der Waals surface area contributed by atoms with Crippen LogP contribution in [0.2, 0.25) is 0 Å². The number of carbonyl (C=O) groups is 1. The summed E-state index contributed by atoms with van der Waals surface area (Å²) in [5.74, 6) is -0.280. The first-order valence-corrected chi connectivity index (χ1v) is 22.2. The fourth-order valence-corrected chi connectivity index (χ4v) is 6.86. The molecule has 1 saturated heterocycles. The third-order valence-corrected chi connectivity index (χ3v) is 10.5. The van der Waals surface area contributed by atoms with Gasteiger partial charge < -0.3 is 40.3 Å². The van der Waals surface area contributed by atoms with Gasteiger partial charge in [-0.25, -0.2) is 0 Å². The standard InChI is InChI=1S/C45H83NO8/c1-3-5-6-7-8-9-10-11-12-13-14-15-16-17-18-19-20-21-22-23-24-25-26-27-28-29-30-31-32-33-34-35-39(48)38(46-41(49)4-2)37-53-45-44(52)43(51)42(50)40(36-47)54-45/h26-27,30-31,34-35,38-40,42-45,47-48,50-52H,3-25,28-29,32-33,36-37H2,1-2H3,(H,46,49)/b27-26+,31-30+,35-34+. The van der Waals surface area contributed by atoms with Gasteiger partial charge >= 0.3 is 0 Å². The van der Waals surface area contributed by atoms with E-state index in [1.165, 1.54) is 141 Å². The van der Waals surface area contributed by atoms with E-state index in [9.17, 15) is 30.3 Å². The highest BCUT2D eigenvalue weighted by atomic mass is 16.7. The molecule has 0 aliphatic carbocycles. The molecular formula is C45H83NO8. The van der Waals surface area contributed by atoms with Crippen LogP contribution in [-0.2, 0) is 14.3 Å². The number of allylic oxidation sites excluding steroid dienone is 5. The number of hydrogen-bond donors (Lipinski definition) is 6. The van der Waals surface area contributed by atoms with Crippen LogP contribution in [0, 0.1) is 0 Å². The topological polar surface area (TPSA) is 149 Å². The first-order valence-electron chi connectivity index (χ1n) is 22.2. The Morgan fingerprint density at radius 1 is 0.611 bits per heavy atom. The predicted octanol–water partition coefficient (Wildman–Crippen LogP) is 8.89. The van der Waals surface area contributed by atoms with Crippen molar-refractivity contribution in [3.8, 4) is 0 Å². The van der Waals surface area contributed by atoms with E-state index in [-0.39, 0.29) is 18.9 Å². The fourth-order valence-electron chi connectivity index (χ4n) is 6.86. The Balaban J connectivity index is 2.00. The molecule has 1 amide bonds. The highest BCUT2D eigenvalue weighted by Crippen LogP contribution is 2.22. The van der Waals surface area contributed by atoms with E-state index in [0.717, 1.165) is 25.7 Å². The lowest BCUT2D eigenvalue weighted by Gasteiger charge is -2.40.